The van der Waals surface area contributed by atoms with E-state index in [0.717, 1.165) is 6.42 Å². The molecule has 0 radical (unpaired) electrons. The van der Waals surface area contributed by atoms with Gasteiger partial charge in [-0.1, -0.05) is 18.2 Å². The number of fused-ring (bicyclic) bond motifs is 1. The van der Waals surface area contributed by atoms with Crippen molar-refractivity contribution in [1.82, 2.24) is 9.88 Å². The molecular formula is C13H19IN2. The molecule has 0 bridgehead atoms. The van der Waals surface area contributed by atoms with Crippen molar-refractivity contribution in [2.45, 2.75) is 19.4 Å². The van der Waals surface area contributed by atoms with Gasteiger partial charge in [-0.05, 0) is 39.1 Å². The van der Waals surface area contributed by atoms with Crippen molar-refractivity contribution in [3.8, 4) is 0 Å². The number of H-pyrrole nitrogens is 1. The predicted molar refractivity (Wildman–Crippen MR) is 80.6 cm³/mol. The number of hydrogen-bond acceptors (Lipinski definition) is 1. The van der Waals surface area contributed by atoms with Gasteiger partial charge in [0.2, 0.25) is 0 Å². The van der Waals surface area contributed by atoms with Crippen molar-refractivity contribution < 1.29 is 0 Å². The highest BCUT2D eigenvalue weighted by Gasteiger charge is 2.09. The van der Waals surface area contributed by atoms with E-state index in [4.69, 9.17) is 0 Å². The fraction of sp³-hybridized carbons (Fsp3) is 0.385. The number of aromatic amines is 1. The van der Waals surface area contributed by atoms with Crippen LogP contribution in [0.15, 0.2) is 30.5 Å². The lowest BCUT2D eigenvalue weighted by molar-refractivity contribution is 0.313. The summed E-state index contributed by atoms with van der Waals surface area (Å²) in [7, 11) is 4.25. The van der Waals surface area contributed by atoms with Crippen molar-refractivity contribution in [2.24, 2.45) is 0 Å². The lowest BCUT2D eigenvalue weighted by Gasteiger charge is -2.19. The van der Waals surface area contributed by atoms with Crippen molar-refractivity contribution in [3.63, 3.8) is 0 Å². The molecule has 0 fully saturated rings. The van der Waals surface area contributed by atoms with E-state index in [0.29, 0.717) is 6.04 Å². The summed E-state index contributed by atoms with van der Waals surface area (Å²) < 4.78 is 0. The standard InChI is InChI=1S/C13H18N2.HI/c1-10(15(2)3)8-11-9-14-13-7-5-4-6-12(11)13;/h4-7,9-10,14H,8H2,1-3H3;1H. The minimum atomic E-state index is 0. The lowest BCUT2D eigenvalue weighted by Crippen LogP contribution is -2.26. The SMILES string of the molecule is CC(Cc1c[nH]c2ccccc12)N(C)C.I. The topological polar surface area (TPSA) is 19.0 Å². The normalized spacial score (nSPS) is 12.8. The molecule has 16 heavy (non-hydrogen) atoms. The van der Waals surface area contributed by atoms with Crippen LogP contribution < -0.4 is 0 Å². The van der Waals surface area contributed by atoms with Gasteiger partial charge in [-0.2, -0.15) is 0 Å². The lowest BCUT2D eigenvalue weighted by atomic mass is 10.1. The molecule has 0 aliphatic heterocycles. The zero-order valence-corrected chi connectivity index (χ0v) is 12.4. The van der Waals surface area contributed by atoms with Gasteiger partial charge in [0, 0.05) is 23.1 Å². The number of nitrogens with one attached hydrogen (secondary N) is 1. The number of aromatic nitrogens is 1. The molecule has 1 aromatic carbocycles. The predicted octanol–water partition coefficient (Wildman–Crippen LogP) is 3.28. The minimum Gasteiger partial charge on any atom is -0.361 e. The Balaban J connectivity index is 0.00000128. The summed E-state index contributed by atoms with van der Waals surface area (Å²) >= 11 is 0. The second kappa shape index (κ2) is 5.68. The maximum atomic E-state index is 3.31. The van der Waals surface area contributed by atoms with Crippen LogP contribution in [0.4, 0.5) is 0 Å². The van der Waals surface area contributed by atoms with Crippen LogP contribution in [-0.4, -0.2) is 30.0 Å². The first-order chi connectivity index (χ1) is 7.18. The van der Waals surface area contributed by atoms with Crippen molar-refractivity contribution in [3.05, 3.63) is 36.0 Å². The molecule has 2 rings (SSSR count). The molecule has 2 nitrogen and oxygen atoms in total. The third-order valence-corrected chi connectivity index (χ3v) is 3.07. The van der Waals surface area contributed by atoms with Crippen LogP contribution in [0.5, 0.6) is 0 Å². The second-order valence-corrected chi connectivity index (χ2v) is 4.38. The second-order valence-electron chi connectivity index (χ2n) is 4.38. The van der Waals surface area contributed by atoms with Crippen molar-refractivity contribution >= 4 is 34.9 Å². The largest absolute Gasteiger partial charge is 0.361 e. The number of nitrogens with zero attached hydrogens (tertiary/aromatic N) is 1. The molecule has 0 saturated carbocycles. The molecule has 1 atom stereocenters. The molecule has 0 amide bonds. The molecule has 1 unspecified atom stereocenters. The Hall–Kier alpha value is -0.550. The first-order valence-electron chi connectivity index (χ1n) is 5.40. The van der Waals surface area contributed by atoms with E-state index in [1.807, 2.05) is 0 Å². The summed E-state index contributed by atoms with van der Waals surface area (Å²) in [4.78, 5) is 5.57. The van der Waals surface area contributed by atoms with Gasteiger partial charge in [0.15, 0.2) is 0 Å². The highest BCUT2D eigenvalue weighted by atomic mass is 127. The van der Waals surface area contributed by atoms with Gasteiger partial charge < -0.3 is 9.88 Å². The number of hydrogen-bond donors (Lipinski definition) is 1. The maximum Gasteiger partial charge on any atom is 0.0456 e. The van der Waals surface area contributed by atoms with Gasteiger partial charge >= 0.3 is 0 Å². The van der Waals surface area contributed by atoms with Gasteiger partial charge in [0.1, 0.15) is 0 Å². The zero-order valence-electron chi connectivity index (χ0n) is 10.0. The first-order valence-corrected chi connectivity index (χ1v) is 5.40. The fourth-order valence-electron chi connectivity index (χ4n) is 1.80. The molecule has 88 valence electrons. The van der Waals surface area contributed by atoms with Crippen LogP contribution in [0.1, 0.15) is 12.5 Å². The Bertz CT molecular complexity index is 448. The first kappa shape index (κ1) is 13.5. The van der Waals surface area contributed by atoms with Crippen LogP contribution in [0.25, 0.3) is 10.9 Å². The van der Waals surface area contributed by atoms with Gasteiger partial charge in [0.05, 0.1) is 0 Å². The molecule has 0 aliphatic carbocycles. The van der Waals surface area contributed by atoms with E-state index in [1.54, 1.807) is 0 Å². The molecule has 0 saturated heterocycles. The third kappa shape index (κ3) is 2.77. The van der Waals surface area contributed by atoms with Crippen LogP contribution >= 0.6 is 24.0 Å². The molecule has 0 spiro atoms. The average Bonchev–Trinajstić information content (AvgIpc) is 2.62. The fourth-order valence-corrected chi connectivity index (χ4v) is 1.80. The van der Waals surface area contributed by atoms with Gasteiger partial charge in [-0.15, -0.1) is 24.0 Å². The molecule has 1 N–H and O–H groups in total. The summed E-state index contributed by atoms with van der Waals surface area (Å²) in [6.45, 7) is 2.25. The molecular weight excluding hydrogens is 311 g/mol. The van der Waals surface area contributed by atoms with E-state index in [2.05, 4.69) is 61.4 Å². The number of benzene rings is 1. The molecule has 0 aliphatic rings. The summed E-state index contributed by atoms with van der Waals surface area (Å²) in [6, 6.07) is 9.05. The molecule has 2 aromatic rings. The van der Waals surface area contributed by atoms with Crippen LogP contribution in [0, 0.1) is 0 Å². The summed E-state index contributed by atoms with van der Waals surface area (Å²) in [6.07, 6.45) is 3.22. The molecule has 1 heterocycles. The zero-order chi connectivity index (χ0) is 10.8. The van der Waals surface area contributed by atoms with Crippen molar-refractivity contribution in [2.75, 3.05) is 14.1 Å². The monoisotopic (exact) mass is 330 g/mol. The maximum absolute atomic E-state index is 3.31. The average molecular weight is 330 g/mol. The number of rotatable bonds is 3. The highest BCUT2D eigenvalue weighted by molar-refractivity contribution is 14.0. The Morgan fingerprint density at radius 3 is 2.62 bits per heavy atom. The van der Waals surface area contributed by atoms with E-state index in [9.17, 15) is 0 Å². The number of halogens is 1. The van der Waals surface area contributed by atoms with Crippen LogP contribution in [0.3, 0.4) is 0 Å². The van der Waals surface area contributed by atoms with Gasteiger partial charge in [0.25, 0.3) is 0 Å². The number of likely N-dealkylation sites (N-methyl/N-ethyl adjacent to an activating group) is 1. The van der Waals surface area contributed by atoms with Crippen LogP contribution in [0.2, 0.25) is 0 Å². The minimum absolute atomic E-state index is 0. The van der Waals surface area contributed by atoms with E-state index < -0.39 is 0 Å². The Morgan fingerprint density at radius 2 is 1.94 bits per heavy atom. The highest BCUT2D eigenvalue weighted by Crippen LogP contribution is 2.19. The summed E-state index contributed by atoms with van der Waals surface area (Å²) in [5, 5.41) is 1.35. The van der Waals surface area contributed by atoms with Crippen molar-refractivity contribution in [1.29, 1.82) is 0 Å². The summed E-state index contributed by atoms with van der Waals surface area (Å²) in [5.74, 6) is 0. The van der Waals surface area contributed by atoms with E-state index >= 15 is 0 Å². The quantitative estimate of drug-likeness (QED) is 0.856. The molecule has 3 heteroatoms. The van der Waals surface area contributed by atoms with Gasteiger partial charge in [-0.25, -0.2) is 0 Å². The Kier molecular flexibility index (Phi) is 4.80. The Morgan fingerprint density at radius 1 is 1.25 bits per heavy atom. The molecule has 1 aromatic heterocycles. The van der Waals surface area contributed by atoms with E-state index in [1.165, 1.54) is 16.5 Å². The third-order valence-electron chi connectivity index (χ3n) is 3.07. The number of para-hydroxylation sites is 1. The summed E-state index contributed by atoms with van der Waals surface area (Å²) in [5.41, 5.74) is 2.64. The Labute approximate surface area is 114 Å². The van der Waals surface area contributed by atoms with Crippen LogP contribution in [-0.2, 0) is 6.42 Å². The van der Waals surface area contributed by atoms with Gasteiger partial charge in [-0.3, -0.25) is 0 Å². The van der Waals surface area contributed by atoms with E-state index in [-0.39, 0.29) is 24.0 Å². The smallest absolute Gasteiger partial charge is 0.0456 e.